The van der Waals surface area contributed by atoms with Crippen LogP contribution in [0.2, 0.25) is 0 Å². The molecule has 16 heavy (non-hydrogen) atoms. The Balaban J connectivity index is 2.96. The van der Waals surface area contributed by atoms with Gasteiger partial charge >= 0.3 is 0 Å². The van der Waals surface area contributed by atoms with Gasteiger partial charge in [-0.1, -0.05) is 20.8 Å². The Hall–Kier alpha value is -1.38. The molecule has 0 aliphatic carbocycles. The third-order valence-corrected chi connectivity index (χ3v) is 2.78. The van der Waals surface area contributed by atoms with Gasteiger partial charge in [0, 0.05) is 17.2 Å². The monoisotopic (exact) mass is 221 g/mol. The van der Waals surface area contributed by atoms with Crippen LogP contribution in [-0.2, 0) is 0 Å². The van der Waals surface area contributed by atoms with Gasteiger partial charge < -0.3 is 4.74 Å². The summed E-state index contributed by atoms with van der Waals surface area (Å²) in [5.41, 5.74) is 0.282. The highest BCUT2D eigenvalue weighted by molar-refractivity contribution is 6.00. The second-order valence-corrected chi connectivity index (χ2v) is 4.41. The van der Waals surface area contributed by atoms with Crippen molar-refractivity contribution in [3.05, 3.63) is 24.0 Å². The van der Waals surface area contributed by atoms with Crippen LogP contribution >= 0.6 is 0 Å². The van der Waals surface area contributed by atoms with Gasteiger partial charge in [0.25, 0.3) is 0 Å². The Morgan fingerprint density at radius 2 is 2.06 bits per heavy atom. The molecule has 0 spiro atoms. The zero-order chi connectivity index (χ0) is 12.2. The summed E-state index contributed by atoms with van der Waals surface area (Å²) in [5, 5.41) is 0. The number of hydrogen-bond donors (Lipinski definition) is 0. The average molecular weight is 221 g/mol. The van der Waals surface area contributed by atoms with Crippen LogP contribution in [0.3, 0.4) is 0 Å². The number of Topliss-reactive ketones (excluding diaryl/α,β-unsaturated/α-hetero) is 1. The van der Waals surface area contributed by atoms with Crippen molar-refractivity contribution in [3.63, 3.8) is 0 Å². The fourth-order valence-corrected chi connectivity index (χ4v) is 1.34. The largest absolute Gasteiger partial charge is 0.492 e. The van der Waals surface area contributed by atoms with E-state index in [1.165, 1.54) is 0 Å². The van der Waals surface area contributed by atoms with Crippen LogP contribution in [0.25, 0.3) is 0 Å². The van der Waals surface area contributed by atoms with E-state index in [0.717, 1.165) is 6.42 Å². The third-order valence-electron chi connectivity index (χ3n) is 2.78. The van der Waals surface area contributed by atoms with E-state index in [9.17, 15) is 4.79 Å². The Kier molecular flexibility index (Phi) is 4.05. The maximum Gasteiger partial charge on any atom is 0.170 e. The number of aromatic nitrogens is 1. The van der Waals surface area contributed by atoms with Gasteiger partial charge in [0.15, 0.2) is 5.78 Å². The standard InChI is InChI=1S/C13H19NO2/c1-5-13(3,4)12(15)10-7-11(16-6-2)9-14-8-10/h7-9H,5-6H2,1-4H3. The molecular weight excluding hydrogens is 202 g/mol. The van der Waals surface area contributed by atoms with Crippen molar-refractivity contribution in [2.24, 2.45) is 5.41 Å². The van der Waals surface area contributed by atoms with E-state index in [2.05, 4.69) is 4.98 Å². The summed E-state index contributed by atoms with van der Waals surface area (Å²) in [6.45, 7) is 8.39. The van der Waals surface area contributed by atoms with E-state index in [0.29, 0.717) is 17.9 Å². The van der Waals surface area contributed by atoms with E-state index >= 15 is 0 Å². The fourth-order valence-electron chi connectivity index (χ4n) is 1.34. The molecule has 1 rings (SSSR count). The molecule has 0 aromatic carbocycles. The molecule has 0 fully saturated rings. The topological polar surface area (TPSA) is 39.2 Å². The number of ether oxygens (including phenoxy) is 1. The van der Waals surface area contributed by atoms with Crippen LogP contribution in [-0.4, -0.2) is 17.4 Å². The summed E-state index contributed by atoms with van der Waals surface area (Å²) in [4.78, 5) is 16.2. The first kappa shape index (κ1) is 12.7. The molecule has 0 atom stereocenters. The highest BCUT2D eigenvalue weighted by atomic mass is 16.5. The molecule has 0 saturated heterocycles. The first-order valence-electron chi connectivity index (χ1n) is 5.64. The molecule has 1 heterocycles. The molecule has 1 aromatic heterocycles. The first-order valence-corrected chi connectivity index (χ1v) is 5.64. The average Bonchev–Trinajstić information content (AvgIpc) is 2.29. The lowest BCUT2D eigenvalue weighted by Crippen LogP contribution is -2.23. The number of hydrogen-bond acceptors (Lipinski definition) is 3. The van der Waals surface area contributed by atoms with Crippen LogP contribution in [0.5, 0.6) is 5.75 Å². The van der Waals surface area contributed by atoms with Crippen LogP contribution < -0.4 is 4.74 Å². The molecule has 0 saturated carbocycles. The number of pyridine rings is 1. The highest BCUT2D eigenvalue weighted by Crippen LogP contribution is 2.26. The van der Waals surface area contributed by atoms with Gasteiger partial charge in [-0.3, -0.25) is 9.78 Å². The highest BCUT2D eigenvalue weighted by Gasteiger charge is 2.26. The van der Waals surface area contributed by atoms with Crippen molar-refractivity contribution in [2.45, 2.75) is 34.1 Å². The van der Waals surface area contributed by atoms with E-state index in [1.807, 2.05) is 27.7 Å². The molecule has 3 nitrogen and oxygen atoms in total. The smallest absolute Gasteiger partial charge is 0.170 e. The predicted octanol–water partition coefficient (Wildman–Crippen LogP) is 3.10. The number of rotatable bonds is 5. The Morgan fingerprint density at radius 1 is 1.38 bits per heavy atom. The summed E-state index contributed by atoms with van der Waals surface area (Å²) in [6.07, 6.45) is 4.03. The van der Waals surface area contributed by atoms with Gasteiger partial charge in [-0.25, -0.2) is 0 Å². The normalized spacial score (nSPS) is 11.2. The summed E-state index contributed by atoms with van der Waals surface area (Å²) < 4.78 is 5.33. The molecule has 88 valence electrons. The molecule has 3 heteroatoms. The van der Waals surface area contributed by atoms with E-state index in [4.69, 9.17) is 4.74 Å². The lowest BCUT2D eigenvalue weighted by Gasteiger charge is -2.20. The SMILES string of the molecule is CCOc1cncc(C(=O)C(C)(C)CC)c1. The van der Waals surface area contributed by atoms with Crippen LogP contribution in [0.4, 0.5) is 0 Å². The van der Waals surface area contributed by atoms with Crippen molar-refractivity contribution in [1.29, 1.82) is 0 Å². The second-order valence-electron chi connectivity index (χ2n) is 4.41. The van der Waals surface area contributed by atoms with Gasteiger partial charge in [-0.2, -0.15) is 0 Å². The van der Waals surface area contributed by atoms with E-state index in [1.54, 1.807) is 18.5 Å². The Bertz CT molecular complexity index is 372. The van der Waals surface area contributed by atoms with Crippen molar-refractivity contribution in [1.82, 2.24) is 4.98 Å². The summed E-state index contributed by atoms with van der Waals surface area (Å²) in [5.74, 6) is 0.768. The second kappa shape index (κ2) is 5.10. The van der Waals surface area contributed by atoms with Gasteiger partial charge in [0.05, 0.1) is 12.8 Å². The molecule has 0 N–H and O–H groups in total. The van der Waals surface area contributed by atoms with Crippen molar-refractivity contribution < 1.29 is 9.53 Å². The van der Waals surface area contributed by atoms with Crippen molar-refractivity contribution >= 4 is 5.78 Å². The number of nitrogens with zero attached hydrogens (tertiary/aromatic N) is 1. The lowest BCUT2D eigenvalue weighted by molar-refractivity contribution is 0.0832. The minimum Gasteiger partial charge on any atom is -0.492 e. The van der Waals surface area contributed by atoms with Crippen molar-refractivity contribution in [2.75, 3.05) is 6.61 Å². The zero-order valence-corrected chi connectivity index (χ0v) is 10.4. The molecule has 0 aliphatic rings. The number of ketones is 1. The summed E-state index contributed by atoms with van der Waals surface area (Å²) in [6, 6.07) is 1.76. The number of carbonyl (C=O) groups is 1. The van der Waals surface area contributed by atoms with E-state index in [-0.39, 0.29) is 11.2 Å². The van der Waals surface area contributed by atoms with Gasteiger partial charge in [0.2, 0.25) is 0 Å². The maximum absolute atomic E-state index is 12.2. The minimum absolute atomic E-state index is 0.115. The Morgan fingerprint density at radius 3 is 2.62 bits per heavy atom. The number of carbonyl (C=O) groups excluding carboxylic acids is 1. The van der Waals surface area contributed by atoms with E-state index < -0.39 is 0 Å². The molecule has 0 radical (unpaired) electrons. The quantitative estimate of drug-likeness (QED) is 0.717. The molecular formula is C13H19NO2. The Labute approximate surface area is 96.8 Å². The van der Waals surface area contributed by atoms with Crippen molar-refractivity contribution in [3.8, 4) is 5.75 Å². The minimum atomic E-state index is -0.341. The van der Waals surface area contributed by atoms with Gasteiger partial charge in [0.1, 0.15) is 5.75 Å². The maximum atomic E-state index is 12.2. The summed E-state index contributed by atoms with van der Waals surface area (Å²) in [7, 11) is 0. The first-order chi connectivity index (χ1) is 7.51. The molecule has 0 aliphatic heterocycles. The molecule has 1 aromatic rings. The van der Waals surface area contributed by atoms with Gasteiger partial charge in [-0.15, -0.1) is 0 Å². The third kappa shape index (κ3) is 2.81. The van der Waals surface area contributed by atoms with Gasteiger partial charge in [-0.05, 0) is 19.4 Å². The summed E-state index contributed by atoms with van der Waals surface area (Å²) >= 11 is 0. The zero-order valence-electron chi connectivity index (χ0n) is 10.4. The lowest BCUT2D eigenvalue weighted by atomic mass is 9.82. The molecule has 0 unspecified atom stereocenters. The molecule has 0 bridgehead atoms. The fraction of sp³-hybridized carbons (Fsp3) is 0.538. The van der Waals surface area contributed by atoms with Crippen LogP contribution in [0.15, 0.2) is 18.5 Å². The molecule has 0 amide bonds. The predicted molar refractivity (Wildman–Crippen MR) is 63.8 cm³/mol. The van der Waals surface area contributed by atoms with Crippen LogP contribution in [0, 0.1) is 5.41 Å². The van der Waals surface area contributed by atoms with Crippen LogP contribution in [0.1, 0.15) is 44.5 Å².